The first-order chi connectivity index (χ1) is 13.7. The van der Waals surface area contributed by atoms with Crippen molar-refractivity contribution in [3.05, 3.63) is 91.4 Å². The van der Waals surface area contributed by atoms with Gasteiger partial charge in [0.1, 0.15) is 5.02 Å². The van der Waals surface area contributed by atoms with Crippen LogP contribution in [0.4, 0.5) is 13.2 Å². The summed E-state index contributed by atoms with van der Waals surface area (Å²) >= 11 is 11.5. The maximum atomic E-state index is 13.0. The zero-order chi connectivity index (χ0) is 21.0. The van der Waals surface area contributed by atoms with Crippen molar-refractivity contribution in [1.29, 1.82) is 0 Å². The Hall–Kier alpha value is -2.51. The molecule has 3 aromatic rings. The van der Waals surface area contributed by atoms with Gasteiger partial charge in [0, 0.05) is 12.6 Å². The van der Waals surface area contributed by atoms with Gasteiger partial charge in [-0.3, -0.25) is 0 Å². The third-order valence-corrected chi connectivity index (χ3v) is 4.73. The second-order valence-corrected chi connectivity index (χ2v) is 7.08. The molecule has 29 heavy (non-hydrogen) atoms. The molecule has 2 aromatic carbocycles. The molecule has 0 aliphatic carbocycles. The number of alkyl halides is 3. The van der Waals surface area contributed by atoms with Crippen LogP contribution in [0.2, 0.25) is 10.0 Å². The lowest BCUT2D eigenvalue weighted by Crippen LogP contribution is -2.12. The third kappa shape index (κ3) is 5.74. The molecule has 0 amide bonds. The molecule has 1 N–H and O–H groups in total. The van der Waals surface area contributed by atoms with Crippen molar-refractivity contribution in [2.75, 3.05) is 6.61 Å². The number of aromatic amines is 1. The van der Waals surface area contributed by atoms with Crippen molar-refractivity contribution in [2.45, 2.75) is 19.0 Å². The smallest absolute Gasteiger partial charge is 0.417 e. The standard InChI is InChI=1S/C20H15Cl2F3N2O2/c21-16-6-5-14(10-15(16)20(23,24)25)9-13-3-1-12(2-4-13)7-8-29-18-17(22)11-26-19(28)27-18/h1-6,10-11H,7-9H2,(H,26,27,28). The molecule has 1 aromatic heterocycles. The van der Waals surface area contributed by atoms with Crippen molar-refractivity contribution >= 4 is 23.2 Å². The second-order valence-electron chi connectivity index (χ2n) is 6.26. The Kier molecular flexibility index (Phi) is 6.49. The van der Waals surface area contributed by atoms with Crippen LogP contribution in [0, 0.1) is 0 Å². The van der Waals surface area contributed by atoms with E-state index in [4.69, 9.17) is 27.9 Å². The Bertz CT molecular complexity index is 1050. The first-order valence-electron chi connectivity index (χ1n) is 8.54. The van der Waals surface area contributed by atoms with Crippen LogP contribution in [0.1, 0.15) is 22.3 Å². The van der Waals surface area contributed by atoms with Gasteiger partial charge in [0.25, 0.3) is 0 Å². The first-order valence-corrected chi connectivity index (χ1v) is 9.29. The van der Waals surface area contributed by atoms with E-state index in [1.807, 2.05) is 24.3 Å². The van der Waals surface area contributed by atoms with Gasteiger partial charge in [0.05, 0.1) is 17.2 Å². The van der Waals surface area contributed by atoms with Crippen LogP contribution in [0.15, 0.2) is 53.5 Å². The Morgan fingerprint density at radius 3 is 2.31 bits per heavy atom. The van der Waals surface area contributed by atoms with E-state index in [1.165, 1.54) is 12.3 Å². The van der Waals surface area contributed by atoms with Crippen molar-refractivity contribution in [3.8, 4) is 5.88 Å². The van der Waals surface area contributed by atoms with Crippen LogP contribution in [0.3, 0.4) is 0 Å². The predicted molar refractivity (Wildman–Crippen MR) is 105 cm³/mol. The quantitative estimate of drug-likeness (QED) is 0.562. The number of hydrogen-bond donors (Lipinski definition) is 1. The van der Waals surface area contributed by atoms with Crippen LogP contribution in [0.5, 0.6) is 5.88 Å². The largest absolute Gasteiger partial charge is 0.476 e. The molecule has 0 saturated heterocycles. The van der Waals surface area contributed by atoms with E-state index < -0.39 is 17.4 Å². The zero-order valence-corrected chi connectivity index (χ0v) is 16.4. The Balaban J connectivity index is 1.60. The van der Waals surface area contributed by atoms with Gasteiger partial charge in [-0.25, -0.2) is 4.79 Å². The van der Waals surface area contributed by atoms with Gasteiger partial charge in [0.2, 0.25) is 5.88 Å². The SMILES string of the molecule is O=c1nc(OCCc2ccc(Cc3ccc(Cl)c(C(F)(F)F)c3)cc2)c(Cl)c[nH]1. The van der Waals surface area contributed by atoms with Crippen molar-refractivity contribution in [1.82, 2.24) is 9.97 Å². The van der Waals surface area contributed by atoms with E-state index >= 15 is 0 Å². The summed E-state index contributed by atoms with van der Waals surface area (Å²) in [5.74, 6) is 0.0650. The summed E-state index contributed by atoms with van der Waals surface area (Å²) < 4.78 is 44.4. The number of hydrogen-bond acceptors (Lipinski definition) is 3. The molecule has 4 nitrogen and oxygen atoms in total. The van der Waals surface area contributed by atoms with Crippen LogP contribution in [-0.4, -0.2) is 16.6 Å². The topological polar surface area (TPSA) is 55.0 Å². The number of benzene rings is 2. The number of nitrogens with one attached hydrogen (secondary N) is 1. The molecule has 0 spiro atoms. The first kappa shape index (κ1) is 21.2. The summed E-state index contributed by atoms with van der Waals surface area (Å²) in [5, 5.41) is -0.104. The molecule has 0 fully saturated rings. The lowest BCUT2D eigenvalue weighted by molar-refractivity contribution is -0.137. The number of aromatic nitrogens is 2. The maximum absolute atomic E-state index is 13.0. The fourth-order valence-corrected chi connectivity index (χ4v) is 3.07. The molecule has 1 heterocycles. The molecule has 0 bridgehead atoms. The third-order valence-electron chi connectivity index (χ3n) is 4.13. The second kappa shape index (κ2) is 8.88. The minimum Gasteiger partial charge on any atom is -0.476 e. The van der Waals surface area contributed by atoms with E-state index in [2.05, 4.69) is 9.97 Å². The van der Waals surface area contributed by atoms with Gasteiger partial charge < -0.3 is 9.72 Å². The van der Waals surface area contributed by atoms with Crippen LogP contribution in [-0.2, 0) is 19.0 Å². The molecule has 152 valence electrons. The fraction of sp³-hybridized carbons (Fsp3) is 0.200. The lowest BCUT2D eigenvalue weighted by Gasteiger charge is -2.11. The highest BCUT2D eigenvalue weighted by molar-refractivity contribution is 6.31. The Morgan fingerprint density at radius 2 is 1.62 bits per heavy atom. The summed E-state index contributed by atoms with van der Waals surface area (Å²) in [5.41, 5.74) is 0.959. The number of ether oxygens (including phenoxy) is 1. The van der Waals surface area contributed by atoms with Gasteiger partial charge in [-0.05, 0) is 35.2 Å². The molecule has 0 aliphatic rings. The molecule has 0 atom stereocenters. The number of H-pyrrole nitrogens is 1. The minimum absolute atomic E-state index is 0.0650. The predicted octanol–water partition coefficient (Wildman–Crippen LogP) is 5.31. The highest BCUT2D eigenvalue weighted by Gasteiger charge is 2.33. The summed E-state index contributed by atoms with van der Waals surface area (Å²) in [7, 11) is 0. The molecule has 0 radical (unpaired) electrons. The van der Waals surface area contributed by atoms with E-state index in [-0.39, 0.29) is 22.5 Å². The molecule has 9 heteroatoms. The maximum Gasteiger partial charge on any atom is 0.417 e. The van der Waals surface area contributed by atoms with E-state index in [1.54, 1.807) is 6.07 Å². The molecular formula is C20H15Cl2F3N2O2. The fourth-order valence-electron chi connectivity index (χ4n) is 2.69. The summed E-state index contributed by atoms with van der Waals surface area (Å²) in [4.78, 5) is 17.2. The summed E-state index contributed by atoms with van der Waals surface area (Å²) in [6.45, 7) is 0.266. The minimum atomic E-state index is -4.49. The molecule has 3 rings (SSSR count). The van der Waals surface area contributed by atoms with E-state index in [0.717, 1.165) is 17.2 Å². The van der Waals surface area contributed by atoms with Crippen molar-refractivity contribution < 1.29 is 17.9 Å². The number of rotatable bonds is 6. The average molecular weight is 443 g/mol. The average Bonchev–Trinajstić information content (AvgIpc) is 2.66. The Labute approximate surface area is 174 Å². The normalized spacial score (nSPS) is 11.5. The van der Waals surface area contributed by atoms with E-state index in [9.17, 15) is 18.0 Å². The zero-order valence-electron chi connectivity index (χ0n) is 14.9. The van der Waals surface area contributed by atoms with Crippen molar-refractivity contribution in [2.24, 2.45) is 0 Å². The number of halogens is 5. The summed E-state index contributed by atoms with van der Waals surface area (Å²) in [6.07, 6.45) is -2.28. The highest BCUT2D eigenvalue weighted by Crippen LogP contribution is 2.35. The van der Waals surface area contributed by atoms with Crippen LogP contribution in [0.25, 0.3) is 0 Å². The molecular weight excluding hydrogens is 428 g/mol. The molecule has 0 saturated carbocycles. The van der Waals surface area contributed by atoms with Gasteiger partial charge in [-0.1, -0.05) is 53.5 Å². The Morgan fingerprint density at radius 1 is 0.966 bits per heavy atom. The summed E-state index contributed by atoms with van der Waals surface area (Å²) in [6, 6.07) is 11.3. The van der Waals surface area contributed by atoms with Crippen LogP contribution >= 0.6 is 23.2 Å². The van der Waals surface area contributed by atoms with E-state index in [0.29, 0.717) is 18.4 Å². The van der Waals surface area contributed by atoms with Gasteiger partial charge in [0.15, 0.2) is 0 Å². The van der Waals surface area contributed by atoms with Gasteiger partial charge >= 0.3 is 11.9 Å². The van der Waals surface area contributed by atoms with Gasteiger partial charge in [-0.15, -0.1) is 0 Å². The van der Waals surface area contributed by atoms with Gasteiger partial charge in [-0.2, -0.15) is 18.2 Å². The molecule has 0 unspecified atom stereocenters. The lowest BCUT2D eigenvalue weighted by atomic mass is 10.0. The highest BCUT2D eigenvalue weighted by atomic mass is 35.5. The molecule has 0 aliphatic heterocycles. The van der Waals surface area contributed by atoms with Crippen molar-refractivity contribution in [3.63, 3.8) is 0 Å². The monoisotopic (exact) mass is 442 g/mol. The number of nitrogens with zero attached hydrogens (tertiary/aromatic N) is 1. The van der Waals surface area contributed by atoms with Crippen LogP contribution < -0.4 is 10.4 Å².